The Labute approximate surface area is 140 Å². The van der Waals surface area contributed by atoms with Crippen molar-refractivity contribution in [2.75, 3.05) is 26.3 Å². The SMILES string of the molecule is CCCCCCNC(N)=NCC1(c2ccccc2)CCOCC1. The minimum absolute atomic E-state index is 0.0635. The van der Waals surface area contributed by atoms with Crippen LogP contribution < -0.4 is 11.1 Å². The fraction of sp³-hybridized carbons (Fsp3) is 0.632. The van der Waals surface area contributed by atoms with Gasteiger partial charge in [-0.25, -0.2) is 0 Å². The van der Waals surface area contributed by atoms with Gasteiger partial charge in [0.05, 0.1) is 6.54 Å². The second-order valence-corrected chi connectivity index (χ2v) is 6.45. The molecule has 1 saturated heterocycles. The summed E-state index contributed by atoms with van der Waals surface area (Å²) in [5.41, 5.74) is 7.46. The molecule has 0 unspecified atom stereocenters. The Balaban J connectivity index is 1.92. The Morgan fingerprint density at radius 1 is 1.17 bits per heavy atom. The Bertz CT molecular complexity index is 467. The predicted octanol–water partition coefficient (Wildman–Crippen LogP) is 3.22. The summed E-state index contributed by atoms with van der Waals surface area (Å²) in [5, 5.41) is 3.25. The maximum Gasteiger partial charge on any atom is 0.188 e. The van der Waals surface area contributed by atoms with Gasteiger partial charge in [-0.05, 0) is 24.8 Å². The van der Waals surface area contributed by atoms with Crippen LogP contribution in [-0.4, -0.2) is 32.3 Å². The number of unbranched alkanes of at least 4 members (excludes halogenated alkanes) is 3. The van der Waals surface area contributed by atoms with Gasteiger partial charge in [0.2, 0.25) is 0 Å². The number of nitrogens with one attached hydrogen (secondary N) is 1. The monoisotopic (exact) mass is 317 g/mol. The molecular weight excluding hydrogens is 286 g/mol. The van der Waals surface area contributed by atoms with E-state index in [4.69, 9.17) is 10.5 Å². The van der Waals surface area contributed by atoms with Gasteiger partial charge in [-0.15, -0.1) is 0 Å². The van der Waals surface area contributed by atoms with Gasteiger partial charge in [0, 0.05) is 25.2 Å². The first-order valence-electron chi connectivity index (χ1n) is 8.94. The van der Waals surface area contributed by atoms with Gasteiger partial charge in [0.1, 0.15) is 0 Å². The third kappa shape index (κ3) is 5.54. The van der Waals surface area contributed by atoms with Crippen molar-refractivity contribution in [2.24, 2.45) is 10.7 Å². The summed E-state index contributed by atoms with van der Waals surface area (Å²) in [7, 11) is 0. The fourth-order valence-corrected chi connectivity index (χ4v) is 3.15. The Hall–Kier alpha value is -1.55. The van der Waals surface area contributed by atoms with Crippen LogP contribution in [0.15, 0.2) is 35.3 Å². The van der Waals surface area contributed by atoms with Crippen molar-refractivity contribution in [1.29, 1.82) is 0 Å². The summed E-state index contributed by atoms with van der Waals surface area (Å²) in [6, 6.07) is 10.7. The van der Waals surface area contributed by atoms with Crippen LogP contribution in [0.3, 0.4) is 0 Å². The van der Waals surface area contributed by atoms with Gasteiger partial charge in [-0.2, -0.15) is 0 Å². The van der Waals surface area contributed by atoms with Gasteiger partial charge in [0.15, 0.2) is 5.96 Å². The Morgan fingerprint density at radius 3 is 2.61 bits per heavy atom. The largest absolute Gasteiger partial charge is 0.381 e. The molecule has 1 aliphatic rings. The quantitative estimate of drug-likeness (QED) is 0.440. The number of guanidine groups is 1. The highest BCUT2D eigenvalue weighted by Crippen LogP contribution is 2.35. The summed E-state index contributed by atoms with van der Waals surface area (Å²) in [6.45, 7) is 5.47. The highest BCUT2D eigenvalue weighted by atomic mass is 16.5. The van der Waals surface area contributed by atoms with E-state index in [0.717, 1.165) is 45.6 Å². The second-order valence-electron chi connectivity index (χ2n) is 6.45. The summed E-state index contributed by atoms with van der Waals surface area (Å²) >= 11 is 0. The fourth-order valence-electron chi connectivity index (χ4n) is 3.15. The van der Waals surface area contributed by atoms with Gasteiger partial charge in [-0.3, -0.25) is 4.99 Å². The molecule has 1 aromatic carbocycles. The molecule has 128 valence electrons. The van der Waals surface area contributed by atoms with Crippen LogP contribution in [0.2, 0.25) is 0 Å². The van der Waals surface area contributed by atoms with Crippen LogP contribution in [0.25, 0.3) is 0 Å². The lowest BCUT2D eigenvalue weighted by Gasteiger charge is -2.36. The van der Waals surface area contributed by atoms with Crippen molar-refractivity contribution >= 4 is 5.96 Å². The first kappa shape index (κ1) is 17.8. The molecule has 2 rings (SSSR count). The van der Waals surface area contributed by atoms with Crippen molar-refractivity contribution in [3.05, 3.63) is 35.9 Å². The topological polar surface area (TPSA) is 59.6 Å². The number of hydrogen-bond acceptors (Lipinski definition) is 2. The smallest absolute Gasteiger partial charge is 0.188 e. The molecule has 1 aliphatic heterocycles. The molecule has 0 spiro atoms. The number of ether oxygens (including phenoxy) is 1. The summed E-state index contributed by atoms with van der Waals surface area (Å²) < 4.78 is 5.56. The first-order chi connectivity index (χ1) is 11.3. The zero-order valence-electron chi connectivity index (χ0n) is 14.4. The molecule has 0 aromatic heterocycles. The van der Waals surface area contributed by atoms with E-state index in [0.29, 0.717) is 5.96 Å². The molecule has 3 N–H and O–H groups in total. The number of nitrogens with zero attached hydrogens (tertiary/aromatic N) is 1. The third-order valence-electron chi connectivity index (χ3n) is 4.72. The van der Waals surface area contributed by atoms with Crippen molar-refractivity contribution in [3.63, 3.8) is 0 Å². The van der Waals surface area contributed by atoms with E-state index >= 15 is 0 Å². The molecule has 0 aliphatic carbocycles. The van der Waals surface area contributed by atoms with Crippen molar-refractivity contribution in [1.82, 2.24) is 5.32 Å². The average molecular weight is 317 g/mol. The molecule has 0 amide bonds. The van der Waals surface area contributed by atoms with E-state index in [-0.39, 0.29) is 5.41 Å². The molecule has 1 heterocycles. The van der Waals surface area contributed by atoms with E-state index in [2.05, 4.69) is 47.6 Å². The number of benzene rings is 1. The van der Waals surface area contributed by atoms with Crippen LogP contribution >= 0.6 is 0 Å². The molecule has 23 heavy (non-hydrogen) atoms. The number of aliphatic imine (C=N–C) groups is 1. The number of nitrogens with two attached hydrogens (primary N) is 1. The summed E-state index contributed by atoms with van der Waals surface area (Å²) in [5.74, 6) is 0.572. The highest BCUT2D eigenvalue weighted by molar-refractivity contribution is 5.77. The normalized spacial score (nSPS) is 17.9. The van der Waals surface area contributed by atoms with E-state index in [1.165, 1.54) is 24.8 Å². The van der Waals surface area contributed by atoms with Crippen LogP contribution in [0.5, 0.6) is 0 Å². The van der Waals surface area contributed by atoms with Crippen molar-refractivity contribution < 1.29 is 4.74 Å². The standard InChI is InChI=1S/C19H31N3O/c1-2-3-4-8-13-21-18(20)22-16-19(11-14-23-15-12-19)17-9-6-5-7-10-17/h5-7,9-10H,2-4,8,11-16H2,1H3,(H3,20,21,22). The van der Waals surface area contributed by atoms with Gasteiger partial charge in [-0.1, -0.05) is 56.5 Å². The lowest BCUT2D eigenvalue weighted by molar-refractivity contribution is 0.0531. The van der Waals surface area contributed by atoms with Crippen molar-refractivity contribution in [3.8, 4) is 0 Å². The van der Waals surface area contributed by atoms with Crippen LogP contribution in [0.1, 0.15) is 51.0 Å². The van der Waals surface area contributed by atoms with Gasteiger partial charge in [0.25, 0.3) is 0 Å². The van der Waals surface area contributed by atoms with Crippen LogP contribution in [0.4, 0.5) is 0 Å². The van der Waals surface area contributed by atoms with E-state index in [1.54, 1.807) is 0 Å². The molecule has 4 heteroatoms. The highest BCUT2D eigenvalue weighted by Gasteiger charge is 2.34. The van der Waals surface area contributed by atoms with Gasteiger partial charge >= 0.3 is 0 Å². The molecule has 1 aromatic rings. The Kier molecular flexibility index (Phi) is 7.40. The molecule has 1 fully saturated rings. The predicted molar refractivity (Wildman–Crippen MR) is 96.8 cm³/mol. The number of hydrogen-bond donors (Lipinski definition) is 2. The second kappa shape index (κ2) is 9.56. The van der Waals surface area contributed by atoms with Crippen molar-refractivity contribution in [2.45, 2.75) is 50.9 Å². The molecule has 0 bridgehead atoms. The van der Waals surface area contributed by atoms with Crippen LogP contribution in [0, 0.1) is 0 Å². The Morgan fingerprint density at radius 2 is 1.91 bits per heavy atom. The summed E-state index contributed by atoms with van der Waals surface area (Å²) in [6.07, 6.45) is 6.96. The summed E-state index contributed by atoms with van der Waals surface area (Å²) in [4.78, 5) is 4.64. The molecule has 0 saturated carbocycles. The van der Waals surface area contributed by atoms with E-state index in [1.807, 2.05) is 0 Å². The number of rotatable bonds is 8. The lowest BCUT2D eigenvalue weighted by atomic mass is 9.74. The van der Waals surface area contributed by atoms with Gasteiger partial charge < -0.3 is 15.8 Å². The zero-order chi connectivity index (χ0) is 16.4. The minimum atomic E-state index is 0.0635. The van der Waals surface area contributed by atoms with Crippen LogP contribution in [-0.2, 0) is 10.2 Å². The zero-order valence-corrected chi connectivity index (χ0v) is 14.4. The van der Waals surface area contributed by atoms with E-state index in [9.17, 15) is 0 Å². The maximum absolute atomic E-state index is 6.05. The molecular formula is C19H31N3O. The maximum atomic E-state index is 6.05. The van der Waals surface area contributed by atoms with E-state index < -0.39 is 0 Å². The first-order valence-corrected chi connectivity index (χ1v) is 8.94. The average Bonchev–Trinajstić information content (AvgIpc) is 2.61. The molecule has 0 radical (unpaired) electrons. The molecule has 0 atom stereocenters. The molecule has 4 nitrogen and oxygen atoms in total. The third-order valence-corrected chi connectivity index (χ3v) is 4.72. The minimum Gasteiger partial charge on any atom is -0.381 e. The lowest BCUT2D eigenvalue weighted by Crippen LogP contribution is -2.39.